The zero-order chi connectivity index (χ0) is 13.0. The summed E-state index contributed by atoms with van der Waals surface area (Å²) in [4.78, 5) is 20.3. The number of aryl methyl sites for hydroxylation is 1. The largest absolute Gasteiger partial charge is 0.461 e. The van der Waals surface area contributed by atoms with Gasteiger partial charge in [-0.1, -0.05) is 12.1 Å². The molecule has 18 heavy (non-hydrogen) atoms. The second-order valence-electron chi connectivity index (χ2n) is 3.80. The molecule has 0 spiro atoms. The Bertz CT molecular complexity index is 553. The highest BCUT2D eigenvalue weighted by Crippen LogP contribution is 2.16. The van der Waals surface area contributed by atoms with E-state index in [-0.39, 0.29) is 0 Å². The van der Waals surface area contributed by atoms with Gasteiger partial charge in [0, 0.05) is 6.20 Å². The highest BCUT2D eigenvalue weighted by atomic mass is 16.5. The van der Waals surface area contributed by atoms with E-state index in [0.717, 1.165) is 11.3 Å². The molecule has 4 heteroatoms. The van der Waals surface area contributed by atoms with Crippen LogP contribution in [0.4, 0.5) is 0 Å². The van der Waals surface area contributed by atoms with Crippen LogP contribution in [0.25, 0.3) is 11.4 Å². The highest BCUT2D eigenvalue weighted by Gasteiger charge is 2.13. The molecule has 0 atom stereocenters. The van der Waals surface area contributed by atoms with Crippen molar-refractivity contribution in [1.29, 1.82) is 0 Å². The standard InChI is InChI=1S/C14H14N2O2/c1-3-18-14(17)13-10(2)7-8-12(16-13)11-6-4-5-9-15-11/h4-9H,3H2,1-2H3. The molecule has 0 unspecified atom stereocenters. The number of nitrogens with zero attached hydrogens (tertiary/aromatic N) is 2. The lowest BCUT2D eigenvalue weighted by molar-refractivity contribution is 0.0518. The Morgan fingerprint density at radius 2 is 2.06 bits per heavy atom. The number of aromatic nitrogens is 2. The zero-order valence-corrected chi connectivity index (χ0v) is 10.4. The lowest BCUT2D eigenvalue weighted by Crippen LogP contribution is -2.09. The van der Waals surface area contributed by atoms with Crippen molar-refractivity contribution in [1.82, 2.24) is 9.97 Å². The van der Waals surface area contributed by atoms with Crippen LogP contribution >= 0.6 is 0 Å². The number of ether oxygens (including phenoxy) is 1. The predicted octanol–water partition coefficient (Wildman–Crippen LogP) is 2.63. The van der Waals surface area contributed by atoms with E-state index in [1.54, 1.807) is 13.1 Å². The van der Waals surface area contributed by atoms with Crippen LogP contribution in [0, 0.1) is 6.92 Å². The molecule has 2 rings (SSSR count). The number of hydrogen-bond donors (Lipinski definition) is 0. The van der Waals surface area contributed by atoms with Gasteiger partial charge in [-0.3, -0.25) is 4.98 Å². The number of rotatable bonds is 3. The number of pyridine rings is 2. The van der Waals surface area contributed by atoms with Crippen molar-refractivity contribution in [2.75, 3.05) is 6.61 Å². The third kappa shape index (κ3) is 2.53. The first-order valence-electron chi connectivity index (χ1n) is 5.78. The van der Waals surface area contributed by atoms with E-state index in [0.29, 0.717) is 18.0 Å². The van der Waals surface area contributed by atoms with Crippen LogP contribution in [0.3, 0.4) is 0 Å². The summed E-state index contributed by atoms with van der Waals surface area (Å²) in [6, 6.07) is 9.27. The van der Waals surface area contributed by atoms with Crippen LogP contribution in [-0.2, 0) is 4.74 Å². The van der Waals surface area contributed by atoms with E-state index < -0.39 is 5.97 Å². The molecule has 0 aliphatic heterocycles. The van der Waals surface area contributed by atoms with Gasteiger partial charge >= 0.3 is 5.97 Å². The first-order chi connectivity index (χ1) is 8.72. The fourth-order valence-corrected chi connectivity index (χ4v) is 1.59. The Balaban J connectivity index is 2.41. The molecule has 0 fully saturated rings. The summed E-state index contributed by atoms with van der Waals surface area (Å²) in [5.41, 5.74) is 2.56. The average Bonchev–Trinajstić information content (AvgIpc) is 2.40. The SMILES string of the molecule is CCOC(=O)c1nc(-c2ccccn2)ccc1C. The van der Waals surface area contributed by atoms with Crippen molar-refractivity contribution in [3.05, 3.63) is 47.8 Å². The number of carbonyl (C=O) groups is 1. The molecule has 0 radical (unpaired) electrons. The van der Waals surface area contributed by atoms with Crippen molar-refractivity contribution >= 4 is 5.97 Å². The maximum absolute atomic E-state index is 11.7. The monoisotopic (exact) mass is 242 g/mol. The molecule has 2 aromatic rings. The highest BCUT2D eigenvalue weighted by molar-refractivity contribution is 5.89. The van der Waals surface area contributed by atoms with Gasteiger partial charge < -0.3 is 4.74 Å². The summed E-state index contributed by atoms with van der Waals surface area (Å²) in [7, 11) is 0. The van der Waals surface area contributed by atoms with Gasteiger partial charge in [-0.25, -0.2) is 9.78 Å². The molecule has 0 saturated carbocycles. The number of hydrogen-bond acceptors (Lipinski definition) is 4. The maximum atomic E-state index is 11.7. The number of carbonyl (C=O) groups excluding carboxylic acids is 1. The van der Waals surface area contributed by atoms with Crippen LogP contribution in [0.15, 0.2) is 36.5 Å². The predicted molar refractivity (Wildman–Crippen MR) is 68.2 cm³/mol. The Morgan fingerprint density at radius 3 is 2.72 bits per heavy atom. The minimum absolute atomic E-state index is 0.341. The topological polar surface area (TPSA) is 52.1 Å². The van der Waals surface area contributed by atoms with Crippen LogP contribution in [0.5, 0.6) is 0 Å². The minimum Gasteiger partial charge on any atom is -0.461 e. The summed E-state index contributed by atoms with van der Waals surface area (Å²) in [6.45, 7) is 3.95. The van der Waals surface area contributed by atoms with Gasteiger partial charge in [0.1, 0.15) is 0 Å². The molecule has 0 aliphatic rings. The Kier molecular flexibility index (Phi) is 3.67. The zero-order valence-electron chi connectivity index (χ0n) is 10.4. The molecule has 92 valence electrons. The second-order valence-corrected chi connectivity index (χ2v) is 3.80. The normalized spacial score (nSPS) is 10.1. The minimum atomic E-state index is -0.396. The van der Waals surface area contributed by atoms with Crippen molar-refractivity contribution in [3.8, 4) is 11.4 Å². The summed E-state index contributed by atoms with van der Waals surface area (Å²) in [6.07, 6.45) is 1.70. The van der Waals surface area contributed by atoms with Gasteiger partial charge in [-0.05, 0) is 37.6 Å². The lowest BCUT2D eigenvalue weighted by atomic mass is 10.1. The van der Waals surface area contributed by atoms with E-state index >= 15 is 0 Å². The quantitative estimate of drug-likeness (QED) is 0.776. The molecule has 0 saturated heterocycles. The van der Waals surface area contributed by atoms with Crippen LogP contribution in [-0.4, -0.2) is 22.5 Å². The molecule has 2 aromatic heterocycles. The molecule has 2 heterocycles. The summed E-state index contributed by atoms with van der Waals surface area (Å²) < 4.78 is 4.98. The Morgan fingerprint density at radius 1 is 1.22 bits per heavy atom. The van der Waals surface area contributed by atoms with Gasteiger partial charge in [0.05, 0.1) is 18.0 Å². The second kappa shape index (κ2) is 5.40. The fourth-order valence-electron chi connectivity index (χ4n) is 1.59. The molecule has 0 bridgehead atoms. The molecular weight excluding hydrogens is 228 g/mol. The maximum Gasteiger partial charge on any atom is 0.357 e. The van der Waals surface area contributed by atoms with Gasteiger partial charge in [0.25, 0.3) is 0 Å². The van der Waals surface area contributed by atoms with E-state index in [1.807, 2.05) is 37.3 Å². The molecule has 0 aromatic carbocycles. The summed E-state index contributed by atoms with van der Waals surface area (Å²) in [5, 5.41) is 0. The van der Waals surface area contributed by atoms with Crippen molar-refractivity contribution in [2.45, 2.75) is 13.8 Å². The summed E-state index contributed by atoms with van der Waals surface area (Å²) in [5.74, 6) is -0.396. The van der Waals surface area contributed by atoms with Gasteiger partial charge in [-0.15, -0.1) is 0 Å². The molecule has 0 aliphatic carbocycles. The fraction of sp³-hybridized carbons (Fsp3) is 0.214. The van der Waals surface area contributed by atoms with E-state index in [4.69, 9.17) is 4.74 Å². The van der Waals surface area contributed by atoms with E-state index in [9.17, 15) is 4.79 Å². The van der Waals surface area contributed by atoms with Crippen molar-refractivity contribution in [3.63, 3.8) is 0 Å². The Labute approximate surface area is 106 Å². The molecule has 0 N–H and O–H groups in total. The van der Waals surface area contributed by atoms with Crippen molar-refractivity contribution < 1.29 is 9.53 Å². The molecule has 0 amide bonds. The third-order valence-corrected chi connectivity index (χ3v) is 2.49. The van der Waals surface area contributed by atoms with Gasteiger partial charge in [0.15, 0.2) is 5.69 Å². The van der Waals surface area contributed by atoms with Crippen LogP contribution in [0.2, 0.25) is 0 Å². The Hall–Kier alpha value is -2.23. The van der Waals surface area contributed by atoms with Crippen molar-refractivity contribution in [2.24, 2.45) is 0 Å². The third-order valence-electron chi connectivity index (χ3n) is 2.49. The first kappa shape index (κ1) is 12.2. The lowest BCUT2D eigenvalue weighted by Gasteiger charge is -2.06. The van der Waals surface area contributed by atoms with Crippen LogP contribution < -0.4 is 0 Å². The number of esters is 1. The first-order valence-corrected chi connectivity index (χ1v) is 5.78. The molecular formula is C14H14N2O2. The molecule has 4 nitrogen and oxygen atoms in total. The van der Waals surface area contributed by atoms with E-state index in [2.05, 4.69) is 9.97 Å². The van der Waals surface area contributed by atoms with E-state index in [1.165, 1.54) is 0 Å². The average molecular weight is 242 g/mol. The van der Waals surface area contributed by atoms with Gasteiger partial charge in [0.2, 0.25) is 0 Å². The summed E-state index contributed by atoms with van der Waals surface area (Å²) >= 11 is 0. The van der Waals surface area contributed by atoms with Gasteiger partial charge in [-0.2, -0.15) is 0 Å². The smallest absolute Gasteiger partial charge is 0.357 e. The van der Waals surface area contributed by atoms with Crippen LogP contribution in [0.1, 0.15) is 23.0 Å².